The third-order valence-corrected chi connectivity index (χ3v) is 4.15. The lowest BCUT2D eigenvalue weighted by Crippen LogP contribution is -2.25. The molecule has 2 aromatic rings. The van der Waals surface area contributed by atoms with Crippen molar-refractivity contribution in [2.75, 3.05) is 6.54 Å². The fraction of sp³-hybridized carbons (Fsp3) is 0.474. The predicted molar refractivity (Wildman–Crippen MR) is 90.4 cm³/mol. The number of rotatable bonds is 8. The molecule has 23 heavy (non-hydrogen) atoms. The molecule has 1 amide bonds. The molecule has 1 N–H and O–H groups in total. The summed E-state index contributed by atoms with van der Waals surface area (Å²) in [6, 6.07) is 9.76. The quantitative estimate of drug-likeness (QED) is 0.729. The molecule has 122 valence electrons. The largest absolute Gasteiger partial charge is 0.440 e. The fourth-order valence-electron chi connectivity index (χ4n) is 2.66. The lowest BCUT2D eigenvalue weighted by molar-refractivity contribution is 0.0946. The van der Waals surface area contributed by atoms with Crippen LogP contribution in [0.25, 0.3) is 11.5 Å². The zero-order valence-corrected chi connectivity index (χ0v) is 13.7. The number of carbonyl (C=O) groups excluding carboxylic acids is 1. The number of nitrogens with one attached hydrogen (secondary N) is 1. The van der Waals surface area contributed by atoms with Crippen LogP contribution in [0.4, 0.5) is 0 Å². The van der Waals surface area contributed by atoms with Gasteiger partial charge in [-0.2, -0.15) is 0 Å². The summed E-state index contributed by atoms with van der Waals surface area (Å²) in [6.45, 7) is 2.89. The minimum absolute atomic E-state index is 0.102. The van der Waals surface area contributed by atoms with Crippen molar-refractivity contribution in [2.45, 2.75) is 51.4 Å². The van der Waals surface area contributed by atoms with Crippen molar-refractivity contribution in [1.82, 2.24) is 10.3 Å². The lowest BCUT2D eigenvalue weighted by Gasteiger charge is -2.03. The van der Waals surface area contributed by atoms with Crippen LogP contribution in [-0.4, -0.2) is 17.4 Å². The third kappa shape index (κ3) is 4.01. The van der Waals surface area contributed by atoms with Crippen molar-refractivity contribution in [1.29, 1.82) is 0 Å². The van der Waals surface area contributed by atoms with E-state index in [1.807, 2.05) is 30.3 Å². The number of benzene rings is 1. The molecular formula is C19H24N2O2. The number of unbranched alkanes of at least 4 members (excludes halogenated alkanes) is 3. The highest BCUT2D eigenvalue weighted by Crippen LogP contribution is 2.43. The predicted octanol–water partition coefficient (Wildman–Crippen LogP) is 4.53. The smallest absolute Gasteiger partial charge is 0.273 e. The molecular weight excluding hydrogens is 288 g/mol. The molecule has 0 atom stereocenters. The molecule has 0 bridgehead atoms. The summed E-state index contributed by atoms with van der Waals surface area (Å²) in [5, 5.41) is 2.98. The number of oxazole rings is 1. The Morgan fingerprint density at radius 2 is 2.00 bits per heavy atom. The molecule has 1 aliphatic carbocycles. The van der Waals surface area contributed by atoms with Gasteiger partial charge in [-0.05, 0) is 31.4 Å². The second kappa shape index (κ2) is 7.44. The number of hydrogen-bond acceptors (Lipinski definition) is 3. The van der Waals surface area contributed by atoms with Crippen molar-refractivity contribution in [3.63, 3.8) is 0 Å². The highest BCUT2D eigenvalue weighted by Gasteiger charge is 2.33. The Kier molecular flexibility index (Phi) is 5.11. The molecule has 0 aliphatic heterocycles. The third-order valence-electron chi connectivity index (χ3n) is 4.15. The average Bonchev–Trinajstić information content (AvgIpc) is 3.33. The van der Waals surface area contributed by atoms with E-state index in [9.17, 15) is 4.79 Å². The Balaban J connectivity index is 1.70. The Bertz CT molecular complexity index is 645. The minimum atomic E-state index is -0.102. The topological polar surface area (TPSA) is 55.1 Å². The van der Waals surface area contributed by atoms with Crippen LogP contribution < -0.4 is 5.32 Å². The first-order valence-electron chi connectivity index (χ1n) is 8.64. The van der Waals surface area contributed by atoms with Gasteiger partial charge in [0.25, 0.3) is 5.91 Å². The van der Waals surface area contributed by atoms with Gasteiger partial charge in [0.1, 0.15) is 5.76 Å². The summed E-state index contributed by atoms with van der Waals surface area (Å²) < 4.78 is 5.92. The minimum Gasteiger partial charge on any atom is -0.440 e. The van der Waals surface area contributed by atoms with Crippen LogP contribution in [-0.2, 0) is 0 Å². The summed E-state index contributed by atoms with van der Waals surface area (Å²) >= 11 is 0. The highest BCUT2D eigenvalue weighted by molar-refractivity contribution is 5.94. The van der Waals surface area contributed by atoms with Crippen molar-refractivity contribution in [3.8, 4) is 11.5 Å². The first-order chi connectivity index (χ1) is 11.3. The molecule has 1 aliphatic rings. The Morgan fingerprint density at radius 1 is 1.22 bits per heavy atom. The van der Waals surface area contributed by atoms with E-state index in [2.05, 4.69) is 17.2 Å². The maximum atomic E-state index is 12.4. The van der Waals surface area contributed by atoms with E-state index in [-0.39, 0.29) is 5.91 Å². The summed E-state index contributed by atoms with van der Waals surface area (Å²) in [5.41, 5.74) is 1.39. The number of nitrogens with zero attached hydrogens (tertiary/aromatic N) is 1. The number of aromatic nitrogens is 1. The van der Waals surface area contributed by atoms with Gasteiger partial charge in [-0.25, -0.2) is 4.98 Å². The summed E-state index contributed by atoms with van der Waals surface area (Å²) in [5.74, 6) is 1.56. The Hall–Kier alpha value is -2.10. The zero-order valence-electron chi connectivity index (χ0n) is 13.7. The normalized spacial score (nSPS) is 14.0. The molecule has 4 nitrogen and oxygen atoms in total. The van der Waals surface area contributed by atoms with E-state index in [1.54, 1.807) is 0 Å². The monoisotopic (exact) mass is 312 g/mol. The Morgan fingerprint density at radius 3 is 2.70 bits per heavy atom. The summed E-state index contributed by atoms with van der Waals surface area (Å²) in [4.78, 5) is 16.9. The highest BCUT2D eigenvalue weighted by atomic mass is 16.4. The van der Waals surface area contributed by atoms with E-state index < -0.39 is 0 Å². The van der Waals surface area contributed by atoms with Gasteiger partial charge >= 0.3 is 0 Å². The van der Waals surface area contributed by atoms with Crippen LogP contribution >= 0.6 is 0 Å². The SMILES string of the molecule is CCCCCCNC(=O)c1nc(-c2ccccc2)oc1C1CC1. The number of amides is 1. The van der Waals surface area contributed by atoms with E-state index in [0.717, 1.165) is 37.0 Å². The lowest BCUT2D eigenvalue weighted by atomic mass is 10.2. The second-order valence-electron chi connectivity index (χ2n) is 6.19. The van der Waals surface area contributed by atoms with E-state index in [1.165, 1.54) is 12.8 Å². The molecule has 0 saturated heterocycles. The van der Waals surface area contributed by atoms with Gasteiger partial charge in [0.15, 0.2) is 5.69 Å². The number of carbonyl (C=O) groups is 1. The molecule has 4 heteroatoms. The van der Waals surface area contributed by atoms with E-state index in [0.29, 0.717) is 24.0 Å². The van der Waals surface area contributed by atoms with Crippen molar-refractivity contribution < 1.29 is 9.21 Å². The van der Waals surface area contributed by atoms with E-state index >= 15 is 0 Å². The Labute approximate surface area is 137 Å². The van der Waals surface area contributed by atoms with Crippen LogP contribution in [0.15, 0.2) is 34.7 Å². The van der Waals surface area contributed by atoms with Gasteiger partial charge in [-0.3, -0.25) is 4.79 Å². The molecule has 1 aromatic carbocycles. The molecule has 1 heterocycles. The van der Waals surface area contributed by atoms with Crippen LogP contribution in [0.2, 0.25) is 0 Å². The van der Waals surface area contributed by atoms with Gasteiger partial charge in [-0.15, -0.1) is 0 Å². The average molecular weight is 312 g/mol. The van der Waals surface area contributed by atoms with Crippen molar-refractivity contribution in [3.05, 3.63) is 41.8 Å². The molecule has 1 fully saturated rings. The molecule has 1 saturated carbocycles. The van der Waals surface area contributed by atoms with Gasteiger partial charge in [0.05, 0.1) is 0 Å². The standard InChI is InChI=1S/C19H24N2O2/c1-2-3-4-8-13-20-18(22)16-17(14-11-12-14)23-19(21-16)15-9-6-5-7-10-15/h5-7,9-10,14H,2-4,8,11-13H2,1H3,(H,20,22). The summed E-state index contributed by atoms with van der Waals surface area (Å²) in [7, 11) is 0. The second-order valence-corrected chi connectivity index (χ2v) is 6.19. The molecule has 0 spiro atoms. The molecule has 0 unspecified atom stereocenters. The van der Waals surface area contributed by atoms with Gasteiger partial charge in [0.2, 0.25) is 5.89 Å². The van der Waals surface area contributed by atoms with Crippen LogP contribution in [0.5, 0.6) is 0 Å². The summed E-state index contributed by atoms with van der Waals surface area (Å²) in [6.07, 6.45) is 6.75. The van der Waals surface area contributed by atoms with Crippen molar-refractivity contribution in [2.24, 2.45) is 0 Å². The van der Waals surface area contributed by atoms with Gasteiger partial charge in [0, 0.05) is 18.0 Å². The molecule has 0 radical (unpaired) electrons. The molecule has 1 aromatic heterocycles. The first kappa shape index (κ1) is 15.8. The van der Waals surface area contributed by atoms with Gasteiger partial charge in [-0.1, -0.05) is 44.4 Å². The van der Waals surface area contributed by atoms with Crippen molar-refractivity contribution >= 4 is 5.91 Å². The first-order valence-corrected chi connectivity index (χ1v) is 8.64. The maximum absolute atomic E-state index is 12.4. The molecule has 3 rings (SSSR count). The zero-order chi connectivity index (χ0) is 16.1. The van der Waals surface area contributed by atoms with Crippen LogP contribution in [0.3, 0.4) is 0 Å². The van der Waals surface area contributed by atoms with Crippen LogP contribution in [0, 0.1) is 0 Å². The van der Waals surface area contributed by atoms with Gasteiger partial charge < -0.3 is 9.73 Å². The maximum Gasteiger partial charge on any atom is 0.273 e. The fourth-order valence-corrected chi connectivity index (χ4v) is 2.66. The van der Waals surface area contributed by atoms with Crippen LogP contribution in [0.1, 0.15) is 67.6 Å². The number of hydrogen-bond donors (Lipinski definition) is 1. The van der Waals surface area contributed by atoms with E-state index in [4.69, 9.17) is 4.42 Å².